The number of nitrogens with one attached hydrogen (secondary N) is 3. The summed E-state index contributed by atoms with van der Waals surface area (Å²) in [7, 11) is -4.23. The van der Waals surface area contributed by atoms with Crippen molar-refractivity contribution in [2.45, 2.75) is 61.7 Å². The molecule has 2 heterocycles. The number of H-pyrrole nitrogens is 1. The van der Waals surface area contributed by atoms with Gasteiger partial charge in [0.25, 0.3) is 5.91 Å². The Kier molecular flexibility index (Phi) is 7.34. The van der Waals surface area contributed by atoms with Crippen LogP contribution in [-0.4, -0.2) is 65.0 Å². The topological polar surface area (TPSA) is 163 Å². The number of aromatic nitrogens is 2. The molecule has 1 saturated carbocycles. The van der Waals surface area contributed by atoms with Crippen LogP contribution >= 0.6 is 0 Å². The predicted octanol–water partition coefficient (Wildman–Crippen LogP) is 2.19. The van der Waals surface area contributed by atoms with Crippen LogP contribution in [0.15, 0.2) is 40.6 Å². The lowest BCUT2D eigenvalue weighted by atomic mass is 9.76. The molecule has 12 heteroatoms. The molecule has 1 atom stereocenters. The van der Waals surface area contributed by atoms with Gasteiger partial charge in [0.1, 0.15) is 11.3 Å². The molecule has 1 spiro atoms. The van der Waals surface area contributed by atoms with Crippen molar-refractivity contribution in [1.29, 1.82) is 0 Å². The second-order valence-electron chi connectivity index (χ2n) is 9.55. The number of hydrogen-bond acceptors (Lipinski definition) is 8. The van der Waals surface area contributed by atoms with Crippen molar-refractivity contribution in [3.8, 4) is 0 Å². The molecule has 1 aromatic heterocycles. The first-order valence-corrected chi connectivity index (χ1v) is 13.5. The number of amides is 1. The molecule has 0 radical (unpaired) electrons. The van der Waals surface area contributed by atoms with Crippen LogP contribution in [0.3, 0.4) is 0 Å². The molecule has 2 aliphatic rings. The van der Waals surface area contributed by atoms with Crippen molar-refractivity contribution in [1.82, 2.24) is 15.3 Å². The number of aliphatic carboxylic acids is 1. The number of carboxylic acid groups (broad SMARTS) is 1. The number of carbonyl (C=O) groups is 2. The quantitative estimate of drug-likeness (QED) is 0.393. The number of anilines is 1. The third-order valence-electron chi connectivity index (χ3n) is 6.97. The van der Waals surface area contributed by atoms with Gasteiger partial charge >= 0.3 is 5.97 Å². The lowest BCUT2D eigenvalue weighted by Gasteiger charge is -2.34. The van der Waals surface area contributed by atoms with E-state index in [4.69, 9.17) is 4.84 Å². The highest BCUT2D eigenvalue weighted by Crippen LogP contribution is 2.40. The van der Waals surface area contributed by atoms with E-state index in [1.165, 1.54) is 0 Å². The third-order valence-corrected chi connectivity index (χ3v) is 9.30. The van der Waals surface area contributed by atoms with Crippen LogP contribution in [0, 0.1) is 19.8 Å². The number of rotatable bonds is 9. The maximum Gasteiger partial charge on any atom is 0.324 e. The SMILES string of the molecule is Cc1cccc(C)c1S(=O)(=O)[C@@H](CNC(=O)C1=NOC2(CCC(CNc3ncc[nH]3)CC2)C1)C(=O)O. The number of sulfone groups is 1. The van der Waals surface area contributed by atoms with Gasteiger partial charge in [0.2, 0.25) is 0 Å². The van der Waals surface area contributed by atoms with E-state index in [0.717, 1.165) is 38.2 Å². The molecule has 1 fully saturated rings. The Balaban J connectivity index is 1.32. The summed E-state index contributed by atoms with van der Waals surface area (Å²) < 4.78 is 26.3. The summed E-state index contributed by atoms with van der Waals surface area (Å²) >= 11 is 0. The Morgan fingerprint density at radius 1 is 1.25 bits per heavy atom. The summed E-state index contributed by atoms with van der Waals surface area (Å²) in [5.74, 6) is -0.973. The molecular weight excluding hydrogens is 486 g/mol. The fraction of sp³-hybridized carbons (Fsp3) is 0.500. The van der Waals surface area contributed by atoms with Gasteiger partial charge in [0.05, 0.1) is 4.90 Å². The second-order valence-corrected chi connectivity index (χ2v) is 11.6. The number of carboxylic acids is 1. The van der Waals surface area contributed by atoms with Crippen LogP contribution < -0.4 is 10.6 Å². The molecular formula is C24H31N5O6S. The maximum atomic E-state index is 13.2. The lowest BCUT2D eigenvalue weighted by Crippen LogP contribution is -2.44. The minimum Gasteiger partial charge on any atom is -0.480 e. The third kappa shape index (κ3) is 5.38. The van der Waals surface area contributed by atoms with Crippen LogP contribution in [0.25, 0.3) is 0 Å². The first-order valence-electron chi connectivity index (χ1n) is 11.9. The van der Waals surface area contributed by atoms with Crippen molar-refractivity contribution < 1.29 is 28.0 Å². The van der Waals surface area contributed by atoms with Gasteiger partial charge in [-0.05, 0) is 56.6 Å². The van der Waals surface area contributed by atoms with Crippen LogP contribution in [0.2, 0.25) is 0 Å². The van der Waals surface area contributed by atoms with Crippen molar-refractivity contribution >= 4 is 33.4 Å². The van der Waals surface area contributed by atoms with Crippen molar-refractivity contribution in [3.63, 3.8) is 0 Å². The van der Waals surface area contributed by atoms with Crippen molar-refractivity contribution in [2.75, 3.05) is 18.4 Å². The van der Waals surface area contributed by atoms with Gasteiger partial charge in [-0.2, -0.15) is 0 Å². The predicted molar refractivity (Wildman–Crippen MR) is 132 cm³/mol. The number of hydrogen-bond donors (Lipinski definition) is 4. The zero-order chi connectivity index (χ0) is 25.9. The second kappa shape index (κ2) is 10.3. The van der Waals surface area contributed by atoms with E-state index in [1.54, 1.807) is 44.4 Å². The van der Waals surface area contributed by atoms with E-state index in [0.29, 0.717) is 23.5 Å². The molecule has 4 rings (SSSR count). The number of aromatic amines is 1. The smallest absolute Gasteiger partial charge is 0.324 e. The van der Waals surface area contributed by atoms with E-state index in [-0.39, 0.29) is 10.6 Å². The molecule has 36 heavy (non-hydrogen) atoms. The molecule has 11 nitrogen and oxygen atoms in total. The number of nitrogens with zero attached hydrogens (tertiary/aromatic N) is 2. The van der Waals surface area contributed by atoms with Crippen LogP contribution in [0.4, 0.5) is 5.95 Å². The van der Waals surface area contributed by atoms with Crippen LogP contribution in [0.5, 0.6) is 0 Å². The molecule has 0 bridgehead atoms. The first kappa shape index (κ1) is 25.7. The minimum absolute atomic E-state index is 0.0227. The van der Waals surface area contributed by atoms with Crippen LogP contribution in [-0.2, 0) is 24.3 Å². The summed E-state index contributed by atoms with van der Waals surface area (Å²) in [6, 6.07) is 4.94. The molecule has 194 valence electrons. The zero-order valence-corrected chi connectivity index (χ0v) is 21.1. The summed E-state index contributed by atoms with van der Waals surface area (Å²) in [6.45, 7) is 3.44. The monoisotopic (exact) mass is 517 g/mol. The highest BCUT2D eigenvalue weighted by atomic mass is 32.2. The van der Waals surface area contributed by atoms with Crippen LogP contribution in [0.1, 0.15) is 43.2 Å². The fourth-order valence-electron chi connectivity index (χ4n) is 4.93. The summed E-state index contributed by atoms with van der Waals surface area (Å²) in [5, 5.41) is 17.5. The van der Waals surface area contributed by atoms with Gasteiger partial charge in [-0.15, -0.1) is 0 Å². The normalized spacial score (nSPS) is 22.5. The highest BCUT2D eigenvalue weighted by molar-refractivity contribution is 7.93. The number of benzene rings is 1. The molecule has 0 unspecified atom stereocenters. The summed E-state index contributed by atoms with van der Waals surface area (Å²) in [6.07, 6.45) is 7.00. The van der Waals surface area contributed by atoms with Gasteiger partial charge < -0.3 is 25.6 Å². The Morgan fingerprint density at radius 3 is 2.56 bits per heavy atom. The van der Waals surface area contributed by atoms with E-state index >= 15 is 0 Å². The van der Waals surface area contributed by atoms with E-state index in [1.807, 2.05) is 0 Å². The molecule has 2 aromatic rings. The lowest BCUT2D eigenvalue weighted by molar-refractivity contribution is -0.136. The Hall–Kier alpha value is -3.41. The molecule has 0 saturated heterocycles. The number of carbonyl (C=O) groups excluding carboxylic acids is 1. The van der Waals surface area contributed by atoms with E-state index < -0.39 is 39.1 Å². The highest BCUT2D eigenvalue weighted by Gasteiger charge is 2.44. The fourth-order valence-corrected chi connectivity index (χ4v) is 6.82. The summed E-state index contributed by atoms with van der Waals surface area (Å²) in [4.78, 5) is 37.5. The molecule has 1 aromatic carbocycles. The van der Waals surface area contributed by atoms with Gasteiger partial charge in [-0.1, -0.05) is 23.4 Å². The Morgan fingerprint density at radius 2 is 1.94 bits per heavy atom. The Bertz CT molecular complexity index is 1230. The molecule has 1 aliphatic heterocycles. The van der Waals surface area contributed by atoms with Gasteiger partial charge in [-0.3, -0.25) is 9.59 Å². The average Bonchev–Trinajstić information content (AvgIpc) is 3.49. The Labute approximate surface area is 209 Å². The van der Waals surface area contributed by atoms with Crippen molar-refractivity contribution in [3.05, 3.63) is 41.7 Å². The minimum atomic E-state index is -4.23. The standard InChI is InChI=1S/C24H31N5O6S/c1-15-4-3-5-16(2)20(15)36(33,34)19(22(31)32)14-27-21(30)18-12-24(35-29-18)8-6-17(7-9-24)13-28-23-25-10-11-26-23/h3-5,10-11,17,19H,6-9,12-14H2,1-2H3,(H,27,30)(H,31,32)(H2,25,26,28)/t17?,19-,24?/m0/s1. The molecule has 1 aliphatic carbocycles. The first-order chi connectivity index (χ1) is 17.1. The van der Waals surface area contributed by atoms with E-state index in [9.17, 15) is 23.1 Å². The van der Waals surface area contributed by atoms with Gasteiger partial charge in [0.15, 0.2) is 21.0 Å². The number of imidazole rings is 1. The average molecular weight is 518 g/mol. The molecule has 4 N–H and O–H groups in total. The number of aryl methyl sites for hydroxylation is 2. The maximum absolute atomic E-state index is 13.2. The van der Waals surface area contributed by atoms with Gasteiger partial charge in [0, 0.05) is 31.9 Å². The number of oxime groups is 1. The molecule has 1 amide bonds. The largest absolute Gasteiger partial charge is 0.480 e. The van der Waals surface area contributed by atoms with Gasteiger partial charge in [-0.25, -0.2) is 13.4 Å². The van der Waals surface area contributed by atoms with E-state index in [2.05, 4.69) is 25.8 Å². The zero-order valence-electron chi connectivity index (χ0n) is 20.3. The summed E-state index contributed by atoms with van der Waals surface area (Å²) in [5.41, 5.74) is 0.511. The van der Waals surface area contributed by atoms with Crippen molar-refractivity contribution in [2.24, 2.45) is 11.1 Å².